The molecule has 2 saturated heterocycles. The van der Waals surface area contributed by atoms with E-state index in [0.29, 0.717) is 53.2 Å². The standard InChI is InChI=1S/C38H41F4N5O3/c1-45(2)34(48)11-8-19-46-20-17-29(18-21-46)50-33-16-14-28(25-43-33)36(31(24-38(40,41)42)26-9-4-3-5-10-26)27-13-15-32-30(23-27)37(39)44-47(32)35-12-6-7-22-49-35/h3-5,8-11,13-16,23,25,29,35H,6-7,12,17-22,24H2,1-2H3/b11-8?,36-31-. The topological polar surface area (TPSA) is 72.7 Å². The van der Waals surface area contributed by atoms with Crippen LogP contribution in [0.2, 0.25) is 0 Å². The number of benzene rings is 2. The SMILES string of the molecule is CN(C)C(=O)C=CCN1CCC(Oc2ccc(/C(=C(/CC(F)(F)F)c3ccccc3)c3ccc4c(c3)c(F)nn4C3CCCCO3)cn2)CC1. The summed E-state index contributed by atoms with van der Waals surface area (Å²) < 4.78 is 71.6. The fourth-order valence-electron chi connectivity index (χ4n) is 6.51. The Balaban J connectivity index is 1.29. The van der Waals surface area contributed by atoms with Crippen molar-refractivity contribution in [3.8, 4) is 5.88 Å². The minimum Gasteiger partial charge on any atom is -0.474 e. The number of carbonyl (C=O) groups excluding carboxylic acids is 1. The zero-order valence-corrected chi connectivity index (χ0v) is 28.2. The number of ether oxygens (including phenoxy) is 2. The number of amides is 1. The van der Waals surface area contributed by atoms with Crippen LogP contribution in [0.25, 0.3) is 22.0 Å². The molecule has 2 aliphatic heterocycles. The highest BCUT2D eigenvalue weighted by Gasteiger charge is 2.32. The highest BCUT2D eigenvalue weighted by molar-refractivity contribution is 6.00. The third-order valence-corrected chi connectivity index (χ3v) is 9.09. The first kappa shape index (κ1) is 35.3. The van der Waals surface area contributed by atoms with Crippen molar-refractivity contribution < 1.29 is 31.8 Å². The van der Waals surface area contributed by atoms with E-state index >= 15 is 4.39 Å². The van der Waals surface area contributed by atoms with Gasteiger partial charge in [-0.3, -0.25) is 9.69 Å². The molecule has 1 unspecified atom stereocenters. The first-order valence-corrected chi connectivity index (χ1v) is 16.9. The van der Waals surface area contributed by atoms with Crippen molar-refractivity contribution in [3.63, 3.8) is 0 Å². The van der Waals surface area contributed by atoms with Crippen LogP contribution in [0.3, 0.4) is 0 Å². The quantitative estimate of drug-likeness (QED) is 0.0966. The molecule has 8 nitrogen and oxygen atoms in total. The summed E-state index contributed by atoms with van der Waals surface area (Å²) in [5.41, 5.74) is 2.11. The first-order chi connectivity index (χ1) is 24.1. The van der Waals surface area contributed by atoms with Gasteiger partial charge in [0.2, 0.25) is 17.7 Å². The van der Waals surface area contributed by atoms with Gasteiger partial charge < -0.3 is 14.4 Å². The molecule has 1 amide bonds. The van der Waals surface area contributed by atoms with Gasteiger partial charge >= 0.3 is 6.18 Å². The van der Waals surface area contributed by atoms with Crippen LogP contribution in [0, 0.1) is 5.95 Å². The molecule has 6 rings (SSSR count). The van der Waals surface area contributed by atoms with Gasteiger partial charge in [-0.2, -0.15) is 17.6 Å². The molecule has 0 saturated carbocycles. The number of nitrogens with zero attached hydrogens (tertiary/aromatic N) is 5. The van der Waals surface area contributed by atoms with Crippen molar-refractivity contribution in [2.45, 2.75) is 57.0 Å². The number of pyridine rings is 1. The Morgan fingerprint density at radius 2 is 1.76 bits per heavy atom. The second kappa shape index (κ2) is 15.6. The van der Waals surface area contributed by atoms with E-state index in [0.717, 1.165) is 38.8 Å². The van der Waals surface area contributed by atoms with Crippen molar-refractivity contribution in [1.29, 1.82) is 0 Å². The van der Waals surface area contributed by atoms with Crippen molar-refractivity contribution >= 4 is 28.0 Å². The fourth-order valence-corrected chi connectivity index (χ4v) is 6.51. The Hall–Kier alpha value is -4.55. The molecule has 2 aromatic carbocycles. The molecule has 1 atom stereocenters. The van der Waals surface area contributed by atoms with Crippen LogP contribution < -0.4 is 4.74 Å². The van der Waals surface area contributed by atoms with Gasteiger partial charge in [0.25, 0.3) is 0 Å². The second-order valence-corrected chi connectivity index (χ2v) is 12.9. The van der Waals surface area contributed by atoms with Crippen LogP contribution in [0.15, 0.2) is 79.0 Å². The van der Waals surface area contributed by atoms with Gasteiger partial charge in [0, 0.05) is 64.2 Å². The zero-order chi connectivity index (χ0) is 35.3. The van der Waals surface area contributed by atoms with E-state index in [1.165, 1.54) is 15.8 Å². The number of hydrogen-bond acceptors (Lipinski definition) is 6. The molecule has 4 aromatic rings. The number of aromatic nitrogens is 3. The number of alkyl halides is 3. The maximum absolute atomic E-state index is 15.4. The average molecular weight is 692 g/mol. The maximum Gasteiger partial charge on any atom is 0.393 e. The van der Waals surface area contributed by atoms with Crippen molar-refractivity contribution in [2.75, 3.05) is 40.3 Å². The Morgan fingerprint density at radius 1 is 1.00 bits per heavy atom. The summed E-state index contributed by atoms with van der Waals surface area (Å²) in [6, 6.07) is 16.8. The Bertz CT molecular complexity index is 1820. The lowest BCUT2D eigenvalue weighted by atomic mass is 9.88. The van der Waals surface area contributed by atoms with E-state index in [9.17, 15) is 18.0 Å². The van der Waals surface area contributed by atoms with Crippen LogP contribution in [0.5, 0.6) is 5.88 Å². The molecule has 0 spiro atoms. The Morgan fingerprint density at radius 3 is 2.42 bits per heavy atom. The highest BCUT2D eigenvalue weighted by Crippen LogP contribution is 2.40. The highest BCUT2D eigenvalue weighted by atomic mass is 19.4. The molecular formula is C38H41F4N5O3. The van der Waals surface area contributed by atoms with Crippen molar-refractivity contribution in [3.05, 3.63) is 102 Å². The molecule has 264 valence electrons. The molecule has 50 heavy (non-hydrogen) atoms. The second-order valence-electron chi connectivity index (χ2n) is 12.9. The summed E-state index contributed by atoms with van der Waals surface area (Å²) in [5, 5.41) is 4.33. The molecule has 12 heteroatoms. The lowest BCUT2D eigenvalue weighted by Crippen LogP contribution is -2.38. The van der Waals surface area contributed by atoms with Crippen LogP contribution in [0.1, 0.15) is 61.4 Å². The van der Waals surface area contributed by atoms with Gasteiger partial charge in [0.15, 0.2) is 6.23 Å². The maximum atomic E-state index is 15.4. The van der Waals surface area contributed by atoms with Crippen LogP contribution in [0.4, 0.5) is 17.6 Å². The summed E-state index contributed by atoms with van der Waals surface area (Å²) in [4.78, 5) is 20.1. The van der Waals surface area contributed by atoms with Crippen LogP contribution in [-0.2, 0) is 9.53 Å². The third-order valence-electron chi connectivity index (χ3n) is 9.09. The number of piperidine rings is 1. The number of likely N-dealkylation sites (N-methyl/N-ethyl adjacent to an activating group) is 1. The van der Waals surface area contributed by atoms with Gasteiger partial charge in [0.1, 0.15) is 6.10 Å². The van der Waals surface area contributed by atoms with E-state index in [1.54, 1.807) is 80.8 Å². The molecular weight excluding hydrogens is 650 g/mol. The smallest absolute Gasteiger partial charge is 0.393 e. The minimum absolute atomic E-state index is 0.0463. The lowest BCUT2D eigenvalue weighted by Gasteiger charge is -2.31. The normalized spacial score (nSPS) is 18.4. The number of fused-ring (bicyclic) bond motifs is 1. The largest absolute Gasteiger partial charge is 0.474 e. The van der Waals surface area contributed by atoms with E-state index in [4.69, 9.17) is 9.47 Å². The van der Waals surface area contributed by atoms with Crippen molar-refractivity contribution in [2.24, 2.45) is 0 Å². The van der Waals surface area contributed by atoms with E-state index in [1.807, 2.05) is 6.08 Å². The molecule has 0 bridgehead atoms. The summed E-state index contributed by atoms with van der Waals surface area (Å²) in [6.07, 6.45) is 2.84. The lowest BCUT2D eigenvalue weighted by molar-refractivity contribution is -0.124. The van der Waals surface area contributed by atoms with Gasteiger partial charge in [-0.1, -0.05) is 42.5 Å². The predicted octanol–water partition coefficient (Wildman–Crippen LogP) is 7.67. The summed E-state index contributed by atoms with van der Waals surface area (Å²) in [5.74, 6) is -0.396. The monoisotopic (exact) mass is 691 g/mol. The molecule has 2 fully saturated rings. The summed E-state index contributed by atoms with van der Waals surface area (Å²) >= 11 is 0. The average Bonchev–Trinajstić information content (AvgIpc) is 3.45. The first-order valence-electron chi connectivity index (χ1n) is 16.9. The summed E-state index contributed by atoms with van der Waals surface area (Å²) in [6.45, 7) is 2.80. The molecule has 4 heterocycles. The van der Waals surface area contributed by atoms with Gasteiger partial charge in [-0.15, -0.1) is 5.10 Å². The molecule has 0 radical (unpaired) electrons. The number of allylic oxidation sites excluding steroid dienone is 1. The number of rotatable bonds is 10. The summed E-state index contributed by atoms with van der Waals surface area (Å²) in [7, 11) is 3.42. The van der Waals surface area contributed by atoms with Gasteiger partial charge in [0.05, 0.1) is 17.3 Å². The Labute approximate surface area is 289 Å². The molecule has 2 aromatic heterocycles. The van der Waals surface area contributed by atoms with E-state index in [2.05, 4.69) is 15.0 Å². The predicted molar refractivity (Wildman–Crippen MR) is 184 cm³/mol. The molecule has 0 N–H and O–H groups in total. The van der Waals surface area contributed by atoms with Gasteiger partial charge in [-0.25, -0.2) is 9.67 Å². The Kier molecular flexibility index (Phi) is 11.0. The van der Waals surface area contributed by atoms with Crippen LogP contribution in [-0.4, -0.2) is 83.1 Å². The van der Waals surface area contributed by atoms with E-state index < -0.39 is 24.8 Å². The number of carbonyl (C=O) groups is 1. The van der Waals surface area contributed by atoms with Gasteiger partial charge in [-0.05, 0) is 72.6 Å². The van der Waals surface area contributed by atoms with Crippen molar-refractivity contribution in [1.82, 2.24) is 24.6 Å². The van der Waals surface area contributed by atoms with Crippen LogP contribution >= 0.6 is 0 Å². The molecule has 0 aliphatic carbocycles. The number of hydrogen-bond donors (Lipinski definition) is 0. The minimum atomic E-state index is -4.52. The number of likely N-dealkylation sites (tertiary alicyclic amines) is 1. The zero-order valence-electron chi connectivity index (χ0n) is 28.2. The fraction of sp³-hybridized carbons (Fsp3) is 0.395. The number of halogens is 4. The van der Waals surface area contributed by atoms with E-state index in [-0.39, 0.29) is 23.0 Å². The molecule has 2 aliphatic rings. The third kappa shape index (κ3) is 8.59.